The average Bonchev–Trinajstić information content (AvgIpc) is 2.98. The fourth-order valence-electron chi connectivity index (χ4n) is 6.19. The Bertz CT molecular complexity index is 944. The standard InChI is InChI=1S/C39H56/c1-3-5-7-9-11-13-15-17-35-20-24-37(25-21-35)27-29-39-32-30-38(31-33-39)28-26-36-22-18-34(19-23-36)16-14-12-10-8-6-4-2/h4,18-19,22-23,30-33,35,37H,2-3,5-17,20-21,24-25,27,29H2,1H3. The van der Waals surface area contributed by atoms with Gasteiger partial charge >= 0.3 is 0 Å². The van der Waals surface area contributed by atoms with Crippen LogP contribution in [0.4, 0.5) is 0 Å². The largest absolute Gasteiger partial charge is 0.103 e. The van der Waals surface area contributed by atoms with Gasteiger partial charge in [0.1, 0.15) is 0 Å². The molecule has 2 aromatic rings. The number of aryl methyl sites for hydroxylation is 2. The highest BCUT2D eigenvalue weighted by Crippen LogP contribution is 2.34. The average molecular weight is 525 g/mol. The molecule has 1 fully saturated rings. The van der Waals surface area contributed by atoms with Crippen molar-refractivity contribution >= 4 is 0 Å². The van der Waals surface area contributed by atoms with Crippen molar-refractivity contribution in [2.75, 3.05) is 0 Å². The lowest BCUT2D eigenvalue weighted by Crippen LogP contribution is -2.15. The highest BCUT2D eigenvalue weighted by atomic mass is 14.3. The molecule has 3 rings (SSSR count). The molecule has 0 atom stereocenters. The maximum Gasteiger partial charge on any atom is 0.0249 e. The molecule has 0 unspecified atom stereocenters. The monoisotopic (exact) mass is 524 g/mol. The Labute approximate surface area is 242 Å². The Kier molecular flexibility index (Phi) is 15.8. The highest BCUT2D eigenvalue weighted by Gasteiger charge is 2.20. The van der Waals surface area contributed by atoms with Crippen LogP contribution >= 0.6 is 0 Å². The van der Waals surface area contributed by atoms with Crippen molar-refractivity contribution in [2.24, 2.45) is 11.8 Å². The topological polar surface area (TPSA) is 0 Å². The molecule has 212 valence electrons. The molecular weight excluding hydrogens is 468 g/mol. The van der Waals surface area contributed by atoms with Gasteiger partial charge in [0.2, 0.25) is 0 Å². The van der Waals surface area contributed by atoms with E-state index >= 15 is 0 Å². The minimum atomic E-state index is 0.940. The molecule has 0 amide bonds. The fourth-order valence-corrected chi connectivity index (χ4v) is 6.19. The maximum absolute atomic E-state index is 3.80. The number of unbranched alkanes of at least 4 members (excludes halogenated alkanes) is 10. The summed E-state index contributed by atoms with van der Waals surface area (Å²) in [5, 5.41) is 0. The minimum absolute atomic E-state index is 0.940. The van der Waals surface area contributed by atoms with Gasteiger partial charge in [-0.25, -0.2) is 0 Å². The van der Waals surface area contributed by atoms with Crippen LogP contribution < -0.4 is 0 Å². The molecule has 0 radical (unpaired) electrons. The quantitative estimate of drug-likeness (QED) is 0.103. The van der Waals surface area contributed by atoms with Crippen molar-refractivity contribution in [3.05, 3.63) is 83.4 Å². The van der Waals surface area contributed by atoms with E-state index in [0.717, 1.165) is 29.4 Å². The van der Waals surface area contributed by atoms with Gasteiger partial charge in [-0.2, -0.15) is 0 Å². The Hall–Kier alpha value is -2.26. The maximum atomic E-state index is 3.80. The number of benzene rings is 2. The highest BCUT2D eigenvalue weighted by molar-refractivity contribution is 5.44. The van der Waals surface area contributed by atoms with Gasteiger partial charge < -0.3 is 0 Å². The lowest BCUT2D eigenvalue weighted by atomic mass is 9.77. The van der Waals surface area contributed by atoms with E-state index in [-0.39, 0.29) is 0 Å². The molecular formula is C39H56. The molecule has 0 spiro atoms. The summed E-state index contributed by atoms with van der Waals surface area (Å²) in [4.78, 5) is 0. The third-order valence-corrected chi connectivity index (χ3v) is 8.91. The summed E-state index contributed by atoms with van der Waals surface area (Å²) < 4.78 is 0. The van der Waals surface area contributed by atoms with E-state index in [1.807, 2.05) is 6.08 Å². The van der Waals surface area contributed by atoms with Crippen molar-refractivity contribution in [1.82, 2.24) is 0 Å². The van der Waals surface area contributed by atoms with E-state index in [1.165, 1.54) is 133 Å². The van der Waals surface area contributed by atoms with Gasteiger partial charge in [-0.15, -0.1) is 6.58 Å². The fraction of sp³-hybridized carbons (Fsp3) is 0.590. The zero-order valence-corrected chi connectivity index (χ0v) is 25.2. The molecule has 0 aromatic heterocycles. The lowest BCUT2D eigenvalue weighted by Gasteiger charge is -2.28. The predicted octanol–water partition coefficient (Wildman–Crippen LogP) is 11.6. The molecule has 1 aliphatic rings. The summed E-state index contributed by atoms with van der Waals surface area (Å²) in [5.41, 5.74) is 5.12. The van der Waals surface area contributed by atoms with Crippen LogP contribution in [0, 0.1) is 23.7 Å². The number of hydrogen-bond acceptors (Lipinski definition) is 0. The van der Waals surface area contributed by atoms with Gasteiger partial charge in [-0.1, -0.05) is 139 Å². The molecule has 0 heteroatoms. The molecule has 0 saturated heterocycles. The van der Waals surface area contributed by atoms with Crippen LogP contribution in [0.2, 0.25) is 0 Å². The number of rotatable bonds is 18. The Balaban J connectivity index is 1.29. The molecule has 0 bridgehead atoms. The predicted molar refractivity (Wildman–Crippen MR) is 172 cm³/mol. The first-order valence-corrected chi connectivity index (χ1v) is 16.6. The molecule has 2 aromatic carbocycles. The van der Waals surface area contributed by atoms with Crippen molar-refractivity contribution in [1.29, 1.82) is 0 Å². The van der Waals surface area contributed by atoms with E-state index < -0.39 is 0 Å². The number of allylic oxidation sites excluding steroid dienone is 1. The SMILES string of the molecule is C=CCCCCCCc1ccc(C#Cc2ccc(CCC3CCC(CCCCCCCCC)CC3)cc2)cc1. The first-order valence-electron chi connectivity index (χ1n) is 16.6. The zero-order valence-electron chi connectivity index (χ0n) is 25.2. The van der Waals surface area contributed by atoms with Gasteiger partial charge in [0.15, 0.2) is 0 Å². The van der Waals surface area contributed by atoms with Gasteiger partial charge in [-0.05, 0) is 85.8 Å². The third-order valence-electron chi connectivity index (χ3n) is 8.91. The molecule has 0 heterocycles. The van der Waals surface area contributed by atoms with E-state index in [2.05, 4.69) is 73.9 Å². The summed E-state index contributed by atoms with van der Waals surface area (Å²) in [6.45, 7) is 6.11. The molecule has 0 N–H and O–H groups in total. The molecule has 1 aliphatic carbocycles. The number of hydrogen-bond donors (Lipinski definition) is 0. The van der Waals surface area contributed by atoms with Crippen LogP contribution in [0.3, 0.4) is 0 Å². The molecule has 0 nitrogen and oxygen atoms in total. The van der Waals surface area contributed by atoms with E-state index in [0.29, 0.717) is 0 Å². The van der Waals surface area contributed by atoms with Crippen LogP contribution in [-0.4, -0.2) is 0 Å². The summed E-state index contributed by atoms with van der Waals surface area (Å²) in [6.07, 6.45) is 29.5. The summed E-state index contributed by atoms with van der Waals surface area (Å²) >= 11 is 0. The second kappa shape index (κ2) is 19.7. The Morgan fingerprint density at radius 3 is 1.67 bits per heavy atom. The second-order valence-corrected chi connectivity index (χ2v) is 12.2. The molecule has 39 heavy (non-hydrogen) atoms. The molecule has 0 aliphatic heterocycles. The normalized spacial score (nSPS) is 16.9. The minimum Gasteiger partial charge on any atom is -0.103 e. The summed E-state index contributed by atoms with van der Waals surface area (Å²) in [6, 6.07) is 17.9. The Morgan fingerprint density at radius 2 is 1.08 bits per heavy atom. The first-order chi connectivity index (χ1) is 19.3. The Morgan fingerprint density at radius 1 is 0.590 bits per heavy atom. The van der Waals surface area contributed by atoms with Gasteiger partial charge in [0.25, 0.3) is 0 Å². The summed E-state index contributed by atoms with van der Waals surface area (Å²) in [7, 11) is 0. The zero-order chi connectivity index (χ0) is 27.4. The van der Waals surface area contributed by atoms with Crippen molar-refractivity contribution in [3.8, 4) is 11.8 Å². The van der Waals surface area contributed by atoms with Crippen LogP contribution in [0.5, 0.6) is 0 Å². The van der Waals surface area contributed by atoms with E-state index in [9.17, 15) is 0 Å². The van der Waals surface area contributed by atoms with Gasteiger partial charge in [0, 0.05) is 11.1 Å². The third kappa shape index (κ3) is 13.6. The van der Waals surface area contributed by atoms with Crippen molar-refractivity contribution in [3.63, 3.8) is 0 Å². The second-order valence-electron chi connectivity index (χ2n) is 12.2. The van der Waals surface area contributed by atoms with Gasteiger partial charge in [0.05, 0.1) is 0 Å². The lowest BCUT2D eigenvalue weighted by molar-refractivity contribution is 0.248. The van der Waals surface area contributed by atoms with Crippen LogP contribution in [-0.2, 0) is 12.8 Å². The molecule has 1 saturated carbocycles. The summed E-state index contributed by atoms with van der Waals surface area (Å²) in [5.74, 6) is 8.68. The van der Waals surface area contributed by atoms with E-state index in [1.54, 1.807) is 0 Å². The van der Waals surface area contributed by atoms with E-state index in [4.69, 9.17) is 0 Å². The van der Waals surface area contributed by atoms with Crippen LogP contribution in [0.15, 0.2) is 61.2 Å². The van der Waals surface area contributed by atoms with Crippen molar-refractivity contribution in [2.45, 2.75) is 135 Å². The van der Waals surface area contributed by atoms with Gasteiger partial charge in [-0.3, -0.25) is 0 Å². The van der Waals surface area contributed by atoms with Crippen LogP contribution in [0.1, 0.15) is 145 Å². The first kappa shape index (κ1) is 31.3. The van der Waals surface area contributed by atoms with Crippen molar-refractivity contribution < 1.29 is 0 Å². The smallest absolute Gasteiger partial charge is 0.0249 e. The van der Waals surface area contributed by atoms with Crippen LogP contribution in [0.25, 0.3) is 0 Å².